The van der Waals surface area contributed by atoms with Crippen LogP contribution in [0.4, 0.5) is 0 Å². The SMILES string of the molecule is CC(C)(C)NC(=O)c1ccccc1C[C@@H](O)[C@H](Cc1ccccc1)NC(=O)c1cccc2c1CCNC2. The van der Waals surface area contributed by atoms with Crippen LogP contribution in [0.25, 0.3) is 0 Å². The summed E-state index contributed by atoms with van der Waals surface area (Å²) in [5.74, 6) is -0.360. The summed E-state index contributed by atoms with van der Waals surface area (Å²) >= 11 is 0. The molecule has 0 aromatic heterocycles. The van der Waals surface area contributed by atoms with Gasteiger partial charge in [-0.1, -0.05) is 60.7 Å². The van der Waals surface area contributed by atoms with Gasteiger partial charge in [0.15, 0.2) is 0 Å². The van der Waals surface area contributed by atoms with Crippen molar-refractivity contribution in [3.8, 4) is 0 Å². The lowest BCUT2D eigenvalue weighted by molar-refractivity contribution is 0.0825. The molecular formula is C31H37N3O3. The number of hydrogen-bond acceptors (Lipinski definition) is 4. The molecule has 6 heteroatoms. The molecule has 1 heterocycles. The minimum absolute atomic E-state index is 0.177. The van der Waals surface area contributed by atoms with E-state index in [-0.39, 0.29) is 23.8 Å². The maximum atomic E-state index is 13.5. The van der Waals surface area contributed by atoms with Gasteiger partial charge < -0.3 is 21.1 Å². The van der Waals surface area contributed by atoms with E-state index >= 15 is 0 Å². The van der Waals surface area contributed by atoms with E-state index in [4.69, 9.17) is 0 Å². The zero-order valence-electron chi connectivity index (χ0n) is 21.9. The Bertz CT molecular complexity index is 1230. The van der Waals surface area contributed by atoms with Gasteiger partial charge in [-0.3, -0.25) is 9.59 Å². The number of amides is 2. The van der Waals surface area contributed by atoms with Crippen molar-refractivity contribution in [2.45, 2.75) is 64.3 Å². The van der Waals surface area contributed by atoms with Crippen LogP contribution in [0.2, 0.25) is 0 Å². The first-order chi connectivity index (χ1) is 17.7. The minimum Gasteiger partial charge on any atom is -0.391 e. The summed E-state index contributed by atoms with van der Waals surface area (Å²) in [6, 6.07) is 22.4. The summed E-state index contributed by atoms with van der Waals surface area (Å²) in [4.78, 5) is 26.5. The predicted molar refractivity (Wildman–Crippen MR) is 147 cm³/mol. The van der Waals surface area contributed by atoms with Gasteiger partial charge in [-0.2, -0.15) is 0 Å². The van der Waals surface area contributed by atoms with E-state index in [0.29, 0.717) is 17.5 Å². The molecule has 4 N–H and O–H groups in total. The van der Waals surface area contributed by atoms with Gasteiger partial charge in [0.25, 0.3) is 11.8 Å². The molecule has 0 spiro atoms. The molecule has 0 radical (unpaired) electrons. The van der Waals surface area contributed by atoms with E-state index in [1.165, 1.54) is 0 Å². The average Bonchev–Trinajstić information content (AvgIpc) is 2.87. The Kier molecular flexibility index (Phi) is 8.41. The van der Waals surface area contributed by atoms with Gasteiger partial charge in [-0.05, 0) is 74.5 Å². The standard InChI is InChI=1S/C31H37N3O3/c1-31(2,3)34-30(37)25-14-8-7-12-22(25)19-28(35)27(18-21-10-5-4-6-11-21)33-29(36)26-15-9-13-23-20-32-17-16-24(23)26/h4-15,27-28,32,35H,16-20H2,1-3H3,(H,33,36)(H,34,37)/t27-,28+/m0/s1. The first kappa shape index (κ1) is 26.6. The summed E-state index contributed by atoms with van der Waals surface area (Å²) in [5.41, 5.74) is 4.78. The van der Waals surface area contributed by atoms with Gasteiger partial charge in [-0.25, -0.2) is 0 Å². The van der Waals surface area contributed by atoms with Crippen LogP contribution < -0.4 is 16.0 Å². The summed E-state index contributed by atoms with van der Waals surface area (Å²) in [7, 11) is 0. The zero-order chi connectivity index (χ0) is 26.4. The molecule has 0 bridgehead atoms. The maximum absolute atomic E-state index is 13.5. The molecule has 0 aliphatic carbocycles. The average molecular weight is 500 g/mol. The molecule has 3 aromatic carbocycles. The van der Waals surface area contributed by atoms with Crippen LogP contribution in [0.3, 0.4) is 0 Å². The third kappa shape index (κ3) is 7.06. The molecular weight excluding hydrogens is 462 g/mol. The largest absolute Gasteiger partial charge is 0.391 e. The van der Waals surface area contributed by atoms with E-state index < -0.39 is 12.1 Å². The lowest BCUT2D eigenvalue weighted by atomic mass is 9.92. The number of nitrogens with one attached hydrogen (secondary N) is 3. The molecule has 0 saturated carbocycles. The van der Waals surface area contributed by atoms with Crippen LogP contribution in [-0.4, -0.2) is 41.2 Å². The van der Waals surface area contributed by atoms with Crippen LogP contribution >= 0.6 is 0 Å². The highest BCUT2D eigenvalue weighted by molar-refractivity contribution is 5.97. The zero-order valence-corrected chi connectivity index (χ0v) is 21.9. The molecule has 3 aromatic rings. The van der Waals surface area contributed by atoms with Crippen molar-refractivity contribution >= 4 is 11.8 Å². The Labute approximate surface area is 219 Å². The highest BCUT2D eigenvalue weighted by Gasteiger charge is 2.27. The molecule has 194 valence electrons. The summed E-state index contributed by atoms with van der Waals surface area (Å²) in [5, 5.41) is 20.9. The summed E-state index contributed by atoms with van der Waals surface area (Å²) < 4.78 is 0. The van der Waals surface area contributed by atoms with Gasteiger partial charge in [-0.15, -0.1) is 0 Å². The number of aliphatic hydroxyl groups is 1. The highest BCUT2D eigenvalue weighted by Crippen LogP contribution is 2.21. The smallest absolute Gasteiger partial charge is 0.251 e. The van der Waals surface area contributed by atoms with Gasteiger partial charge >= 0.3 is 0 Å². The van der Waals surface area contributed by atoms with Crippen molar-refractivity contribution in [2.24, 2.45) is 0 Å². The highest BCUT2D eigenvalue weighted by atomic mass is 16.3. The summed E-state index contributed by atoms with van der Waals surface area (Å²) in [6.45, 7) is 7.39. The normalized spacial score (nSPS) is 14.8. The van der Waals surface area contributed by atoms with Crippen molar-refractivity contribution in [1.29, 1.82) is 0 Å². The Balaban J connectivity index is 1.58. The Morgan fingerprint density at radius 1 is 0.892 bits per heavy atom. The Morgan fingerprint density at radius 3 is 2.35 bits per heavy atom. The lowest BCUT2D eigenvalue weighted by Gasteiger charge is -2.27. The predicted octanol–water partition coefficient (Wildman–Crippen LogP) is 3.81. The van der Waals surface area contributed by atoms with E-state index in [1.54, 1.807) is 6.07 Å². The Morgan fingerprint density at radius 2 is 1.59 bits per heavy atom. The van der Waals surface area contributed by atoms with Crippen molar-refractivity contribution < 1.29 is 14.7 Å². The van der Waals surface area contributed by atoms with Gasteiger partial charge in [0.05, 0.1) is 12.1 Å². The number of fused-ring (bicyclic) bond motifs is 1. The topological polar surface area (TPSA) is 90.5 Å². The minimum atomic E-state index is -0.894. The van der Waals surface area contributed by atoms with Gasteiger partial charge in [0, 0.05) is 29.6 Å². The van der Waals surface area contributed by atoms with Gasteiger partial charge in [0.2, 0.25) is 0 Å². The number of aliphatic hydroxyl groups excluding tert-OH is 1. The molecule has 2 atom stereocenters. The fourth-order valence-electron chi connectivity index (χ4n) is 4.84. The molecule has 1 aliphatic rings. The Hall–Kier alpha value is -3.48. The molecule has 0 fully saturated rings. The number of rotatable bonds is 8. The fraction of sp³-hybridized carbons (Fsp3) is 0.355. The van der Waals surface area contributed by atoms with Crippen molar-refractivity contribution in [1.82, 2.24) is 16.0 Å². The van der Waals surface area contributed by atoms with Crippen molar-refractivity contribution in [3.05, 3.63) is 106 Å². The monoisotopic (exact) mass is 499 g/mol. The second-order valence-electron chi connectivity index (χ2n) is 10.8. The van der Waals surface area contributed by atoms with Gasteiger partial charge in [0.1, 0.15) is 0 Å². The second-order valence-corrected chi connectivity index (χ2v) is 10.8. The van der Waals surface area contributed by atoms with Crippen LogP contribution in [0, 0.1) is 0 Å². The van der Waals surface area contributed by atoms with E-state index in [0.717, 1.165) is 41.8 Å². The molecule has 1 aliphatic heterocycles. The third-order valence-corrected chi connectivity index (χ3v) is 6.64. The van der Waals surface area contributed by atoms with E-state index in [2.05, 4.69) is 16.0 Å². The first-order valence-electron chi connectivity index (χ1n) is 13.0. The third-order valence-electron chi connectivity index (χ3n) is 6.64. The number of hydrogen-bond donors (Lipinski definition) is 4. The molecule has 2 amide bonds. The molecule has 6 nitrogen and oxygen atoms in total. The second kappa shape index (κ2) is 11.7. The quantitative estimate of drug-likeness (QED) is 0.380. The van der Waals surface area contributed by atoms with Crippen LogP contribution in [-0.2, 0) is 25.8 Å². The number of benzene rings is 3. The lowest BCUT2D eigenvalue weighted by Crippen LogP contribution is -2.46. The molecule has 37 heavy (non-hydrogen) atoms. The van der Waals surface area contributed by atoms with Crippen molar-refractivity contribution in [2.75, 3.05) is 6.54 Å². The van der Waals surface area contributed by atoms with Crippen molar-refractivity contribution in [3.63, 3.8) is 0 Å². The van der Waals surface area contributed by atoms with Crippen LogP contribution in [0.1, 0.15) is 63.7 Å². The van der Waals surface area contributed by atoms with Crippen LogP contribution in [0.15, 0.2) is 72.8 Å². The number of carbonyl (C=O) groups is 2. The van der Waals surface area contributed by atoms with E-state index in [9.17, 15) is 14.7 Å². The first-order valence-corrected chi connectivity index (χ1v) is 13.0. The fourth-order valence-corrected chi connectivity index (χ4v) is 4.84. The number of carbonyl (C=O) groups excluding carboxylic acids is 2. The molecule has 4 rings (SSSR count). The van der Waals surface area contributed by atoms with Crippen LogP contribution in [0.5, 0.6) is 0 Å². The summed E-state index contributed by atoms with van der Waals surface area (Å²) in [6.07, 6.45) is 0.610. The maximum Gasteiger partial charge on any atom is 0.251 e. The molecule has 0 unspecified atom stereocenters. The van der Waals surface area contributed by atoms with E-state index in [1.807, 2.05) is 87.5 Å². The molecule has 0 saturated heterocycles.